The van der Waals surface area contributed by atoms with Crippen LogP contribution in [0.1, 0.15) is 33.4 Å². The van der Waals surface area contributed by atoms with Crippen LogP contribution < -0.4 is 0 Å². The van der Waals surface area contributed by atoms with Gasteiger partial charge in [0.05, 0.1) is 5.41 Å². The van der Waals surface area contributed by atoms with E-state index < -0.39 is 47.1 Å². The quantitative estimate of drug-likeness (QED) is 0.105. The van der Waals surface area contributed by atoms with Gasteiger partial charge in [0, 0.05) is 0 Å². The SMILES string of the molecule is O=C(C(O)C(O)C(O)C(O)C(O)C(c1ccccc1)(c1ccccc1)c1ccccc1)C(c1ccccc1)(c1ccccc1)c1ccccc1. The maximum Gasteiger partial charge on any atom is 0.183 e. The van der Waals surface area contributed by atoms with E-state index in [0.717, 1.165) is 0 Å². The highest BCUT2D eigenvalue weighted by Crippen LogP contribution is 2.45. The van der Waals surface area contributed by atoms with E-state index in [-0.39, 0.29) is 0 Å². The number of Topliss-reactive ketones (excluding diaryl/α,β-unsaturated/α-hetero) is 1. The monoisotopic (exact) mass is 664 g/mol. The van der Waals surface area contributed by atoms with Crippen LogP contribution in [-0.2, 0) is 15.6 Å². The Labute approximate surface area is 292 Å². The number of ketones is 1. The fourth-order valence-electron chi connectivity index (χ4n) is 7.32. The molecule has 6 heteroatoms. The van der Waals surface area contributed by atoms with Crippen LogP contribution in [0.5, 0.6) is 0 Å². The number of rotatable bonds is 13. The van der Waals surface area contributed by atoms with Gasteiger partial charge in [0.25, 0.3) is 0 Å². The van der Waals surface area contributed by atoms with E-state index in [1.807, 2.05) is 109 Å². The van der Waals surface area contributed by atoms with Gasteiger partial charge in [-0.05, 0) is 33.4 Å². The molecular formula is C44H40O6. The second-order valence-corrected chi connectivity index (χ2v) is 12.5. The molecule has 0 aliphatic carbocycles. The summed E-state index contributed by atoms with van der Waals surface area (Å²) in [5.74, 6) is -0.810. The lowest BCUT2D eigenvalue weighted by Gasteiger charge is -2.44. The maximum absolute atomic E-state index is 14.9. The number of hydrogen-bond donors (Lipinski definition) is 5. The normalized spacial score (nSPS) is 15.0. The van der Waals surface area contributed by atoms with Crippen LogP contribution in [0, 0.1) is 0 Å². The Morgan fingerprint density at radius 1 is 0.360 bits per heavy atom. The summed E-state index contributed by atoms with van der Waals surface area (Å²) in [5.41, 5.74) is 0.464. The molecule has 5 unspecified atom stereocenters. The van der Waals surface area contributed by atoms with Crippen LogP contribution in [0.3, 0.4) is 0 Å². The maximum atomic E-state index is 14.9. The summed E-state index contributed by atoms with van der Waals surface area (Å²) in [6.45, 7) is 0. The molecule has 5 atom stereocenters. The van der Waals surface area contributed by atoms with Gasteiger partial charge in [0.2, 0.25) is 0 Å². The number of carbonyl (C=O) groups is 1. The number of aliphatic hydroxyl groups excluding tert-OH is 5. The summed E-state index contributed by atoms with van der Waals surface area (Å²) < 4.78 is 0. The Hall–Kier alpha value is -5.21. The molecule has 0 heterocycles. The number of benzene rings is 6. The number of hydrogen-bond acceptors (Lipinski definition) is 6. The van der Waals surface area contributed by atoms with Crippen molar-refractivity contribution in [3.8, 4) is 0 Å². The van der Waals surface area contributed by atoms with E-state index in [0.29, 0.717) is 33.4 Å². The smallest absolute Gasteiger partial charge is 0.183 e. The molecular weight excluding hydrogens is 624 g/mol. The molecule has 0 spiro atoms. The Kier molecular flexibility index (Phi) is 10.5. The summed E-state index contributed by atoms with van der Waals surface area (Å²) in [4.78, 5) is 14.9. The highest BCUT2D eigenvalue weighted by molar-refractivity contribution is 6.01. The first-order chi connectivity index (χ1) is 24.3. The van der Waals surface area contributed by atoms with Crippen molar-refractivity contribution in [2.45, 2.75) is 41.3 Å². The van der Waals surface area contributed by atoms with Crippen LogP contribution in [0.2, 0.25) is 0 Å². The zero-order chi connectivity index (χ0) is 35.1. The highest BCUT2D eigenvalue weighted by atomic mass is 16.4. The van der Waals surface area contributed by atoms with Gasteiger partial charge in [-0.15, -0.1) is 0 Å². The van der Waals surface area contributed by atoms with Crippen LogP contribution in [-0.4, -0.2) is 61.8 Å². The molecule has 0 bridgehead atoms. The Morgan fingerprint density at radius 3 is 0.900 bits per heavy atom. The van der Waals surface area contributed by atoms with Gasteiger partial charge in [-0.25, -0.2) is 0 Å². The zero-order valence-electron chi connectivity index (χ0n) is 27.4. The van der Waals surface area contributed by atoms with Gasteiger partial charge in [0.1, 0.15) is 35.9 Å². The lowest BCUT2D eigenvalue weighted by Crippen LogP contribution is -2.59. The summed E-state index contributed by atoms with van der Waals surface area (Å²) in [7, 11) is 0. The minimum absolute atomic E-state index is 0.542. The molecule has 0 amide bonds. The molecule has 0 aromatic heterocycles. The predicted octanol–water partition coefficient (Wildman–Crippen LogP) is 5.43. The summed E-state index contributed by atoms with van der Waals surface area (Å²) in [6.07, 6.45) is -10.3. The molecule has 0 radical (unpaired) electrons. The topological polar surface area (TPSA) is 118 Å². The van der Waals surface area contributed by atoms with Gasteiger partial charge >= 0.3 is 0 Å². The molecule has 0 aliphatic rings. The van der Waals surface area contributed by atoms with Gasteiger partial charge < -0.3 is 25.5 Å². The average Bonchev–Trinajstić information content (AvgIpc) is 3.19. The molecule has 0 saturated heterocycles. The fraction of sp³-hybridized carbons (Fsp3) is 0.159. The summed E-state index contributed by atoms with van der Waals surface area (Å²) in [5, 5.41) is 59.4. The van der Waals surface area contributed by atoms with Gasteiger partial charge in [-0.2, -0.15) is 0 Å². The molecule has 6 aromatic carbocycles. The molecule has 0 fully saturated rings. The molecule has 6 aromatic rings. The van der Waals surface area contributed by atoms with E-state index in [2.05, 4.69) is 0 Å². The van der Waals surface area contributed by atoms with Crippen LogP contribution in [0.4, 0.5) is 0 Å². The summed E-state index contributed by atoms with van der Waals surface area (Å²) in [6, 6.07) is 54.2. The lowest BCUT2D eigenvalue weighted by molar-refractivity contribution is -0.158. The molecule has 6 rings (SSSR count). The molecule has 50 heavy (non-hydrogen) atoms. The first-order valence-electron chi connectivity index (χ1n) is 16.6. The van der Waals surface area contributed by atoms with Crippen molar-refractivity contribution in [1.82, 2.24) is 0 Å². The van der Waals surface area contributed by atoms with Crippen LogP contribution in [0.25, 0.3) is 0 Å². The van der Waals surface area contributed by atoms with Crippen molar-refractivity contribution in [3.05, 3.63) is 215 Å². The van der Waals surface area contributed by atoms with Crippen LogP contribution in [0.15, 0.2) is 182 Å². The van der Waals surface area contributed by atoms with Gasteiger partial charge in [-0.1, -0.05) is 182 Å². The Balaban J connectivity index is 1.44. The predicted molar refractivity (Wildman–Crippen MR) is 193 cm³/mol. The third kappa shape index (κ3) is 6.09. The van der Waals surface area contributed by atoms with E-state index in [9.17, 15) is 30.3 Å². The van der Waals surface area contributed by atoms with Crippen molar-refractivity contribution >= 4 is 5.78 Å². The van der Waals surface area contributed by atoms with Gasteiger partial charge in [0.15, 0.2) is 5.78 Å². The lowest BCUT2D eigenvalue weighted by atomic mass is 9.63. The second kappa shape index (κ2) is 15.1. The second-order valence-electron chi connectivity index (χ2n) is 12.5. The van der Waals surface area contributed by atoms with E-state index in [4.69, 9.17) is 0 Å². The number of aliphatic hydroxyl groups is 5. The highest BCUT2D eigenvalue weighted by Gasteiger charge is 2.53. The fourth-order valence-corrected chi connectivity index (χ4v) is 7.32. The minimum atomic E-state index is -2.19. The molecule has 5 N–H and O–H groups in total. The van der Waals surface area contributed by atoms with Gasteiger partial charge in [-0.3, -0.25) is 4.79 Å². The summed E-state index contributed by atoms with van der Waals surface area (Å²) >= 11 is 0. The van der Waals surface area contributed by atoms with Crippen molar-refractivity contribution in [1.29, 1.82) is 0 Å². The standard InChI is InChI=1S/C44H40O6/c45-37(39(47)41(49)43(31-19-7-1-8-20-31,32-21-9-2-10-22-32)33-23-11-3-12-24-33)38(46)40(48)42(50)44(34-25-13-4-14-26-34,35-27-15-5-16-28-35)36-29-17-6-18-30-36/h1-30,37-41,45-49H. The van der Waals surface area contributed by atoms with E-state index in [1.54, 1.807) is 72.8 Å². The third-order valence-electron chi connectivity index (χ3n) is 9.74. The zero-order valence-corrected chi connectivity index (χ0v) is 27.4. The molecule has 252 valence electrons. The number of carbonyl (C=O) groups excluding carboxylic acids is 1. The van der Waals surface area contributed by atoms with Crippen LogP contribution >= 0.6 is 0 Å². The molecule has 0 saturated carbocycles. The first-order valence-corrected chi connectivity index (χ1v) is 16.6. The van der Waals surface area contributed by atoms with Crippen molar-refractivity contribution in [2.75, 3.05) is 0 Å². The van der Waals surface area contributed by atoms with Crippen molar-refractivity contribution in [2.24, 2.45) is 0 Å². The Morgan fingerprint density at radius 2 is 0.620 bits per heavy atom. The third-order valence-corrected chi connectivity index (χ3v) is 9.74. The minimum Gasteiger partial charge on any atom is -0.389 e. The Bertz CT molecular complexity index is 1740. The van der Waals surface area contributed by atoms with Crippen molar-refractivity contribution < 1.29 is 30.3 Å². The van der Waals surface area contributed by atoms with E-state index in [1.165, 1.54) is 0 Å². The first kappa shape index (κ1) is 34.6. The molecule has 0 aliphatic heterocycles. The largest absolute Gasteiger partial charge is 0.389 e. The average molecular weight is 665 g/mol. The van der Waals surface area contributed by atoms with E-state index >= 15 is 0 Å². The molecule has 6 nitrogen and oxygen atoms in total. The van der Waals surface area contributed by atoms with Crippen molar-refractivity contribution in [3.63, 3.8) is 0 Å².